The summed E-state index contributed by atoms with van der Waals surface area (Å²) in [5.41, 5.74) is -0.00108. The monoisotopic (exact) mass is 268 g/mol. The molecule has 1 N–H and O–H groups in total. The standard InChI is InChI=1S/C12H20N2O3Si/c1-12(2,3)18(4,5)17-8-10-13-7-6-9(14-10)11(15)16/h6-7H,8H2,1-5H3,(H,15,16). The van der Waals surface area contributed by atoms with Gasteiger partial charge in [-0.2, -0.15) is 0 Å². The number of carboxylic acids is 1. The zero-order valence-electron chi connectivity index (χ0n) is 11.5. The molecule has 1 rings (SSSR count). The van der Waals surface area contributed by atoms with E-state index in [1.807, 2.05) is 0 Å². The summed E-state index contributed by atoms with van der Waals surface area (Å²) in [7, 11) is -1.86. The van der Waals surface area contributed by atoms with Gasteiger partial charge in [-0.15, -0.1) is 0 Å². The van der Waals surface area contributed by atoms with Crippen LogP contribution in [-0.2, 0) is 11.0 Å². The van der Waals surface area contributed by atoms with E-state index in [-0.39, 0.29) is 17.3 Å². The van der Waals surface area contributed by atoms with Gasteiger partial charge in [-0.25, -0.2) is 14.8 Å². The largest absolute Gasteiger partial charge is 0.477 e. The molecule has 5 nitrogen and oxygen atoms in total. The van der Waals surface area contributed by atoms with Gasteiger partial charge < -0.3 is 9.53 Å². The van der Waals surface area contributed by atoms with Gasteiger partial charge in [0.05, 0.1) is 6.61 Å². The van der Waals surface area contributed by atoms with Crippen molar-refractivity contribution in [1.82, 2.24) is 9.97 Å². The first-order chi connectivity index (χ1) is 8.13. The predicted octanol–water partition coefficient (Wildman–Crippen LogP) is 2.70. The highest BCUT2D eigenvalue weighted by Gasteiger charge is 2.37. The minimum absolute atomic E-state index is 0.00108. The number of nitrogens with zero attached hydrogens (tertiary/aromatic N) is 2. The molecule has 0 atom stereocenters. The molecule has 0 saturated heterocycles. The van der Waals surface area contributed by atoms with Gasteiger partial charge in [0.1, 0.15) is 0 Å². The molecular weight excluding hydrogens is 248 g/mol. The van der Waals surface area contributed by atoms with E-state index in [1.54, 1.807) is 0 Å². The molecule has 1 heterocycles. The van der Waals surface area contributed by atoms with E-state index < -0.39 is 14.3 Å². The number of aromatic carboxylic acids is 1. The van der Waals surface area contributed by atoms with Gasteiger partial charge in [0.2, 0.25) is 0 Å². The normalized spacial score (nSPS) is 12.5. The van der Waals surface area contributed by atoms with E-state index in [0.717, 1.165) is 0 Å². The van der Waals surface area contributed by atoms with Crippen LogP contribution in [0.1, 0.15) is 37.1 Å². The maximum Gasteiger partial charge on any atom is 0.354 e. The third-order valence-electron chi connectivity index (χ3n) is 3.29. The number of carboxylic acid groups (broad SMARTS) is 1. The van der Waals surface area contributed by atoms with Gasteiger partial charge in [-0.1, -0.05) is 20.8 Å². The van der Waals surface area contributed by atoms with Gasteiger partial charge >= 0.3 is 5.97 Å². The molecule has 0 aromatic carbocycles. The number of carbonyl (C=O) groups is 1. The van der Waals surface area contributed by atoms with E-state index in [4.69, 9.17) is 9.53 Å². The average Bonchev–Trinajstić information content (AvgIpc) is 2.25. The second-order valence-corrected chi connectivity index (χ2v) is 10.5. The Bertz CT molecular complexity index is 441. The fourth-order valence-corrected chi connectivity index (χ4v) is 1.97. The Hall–Kier alpha value is -1.27. The Balaban J connectivity index is 2.75. The van der Waals surface area contributed by atoms with Gasteiger partial charge in [0, 0.05) is 6.20 Å². The maximum absolute atomic E-state index is 10.8. The molecule has 6 heteroatoms. The molecule has 0 aliphatic heterocycles. The van der Waals surface area contributed by atoms with Gasteiger partial charge in [0.15, 0.2) is 19.8 Å². The van der Waals surface area contributed by atoms with Crippen molar-refractivity contribution in [2.75, 3.05) is 0 Å². The van der Waals surface area contributed by atoms with Crippen LogP contribution in [0.25, 0.3) is 0 Å². The highest BCUT2D eigenvalue weighted by molar-refractivity contribution is 6.74. The summed E-state index contributed by atoms with van der Waals surface area (Å²) < 4.78 is 5.94. The molecular formula is C12H20N2O3Si. The molecule has 0 radical (unpaired) electrons. The topological polar surface area (TPSA) is 72.3 Å². The Morgan fingerprint density at radius 1 is 1.44 bits per heavy atom. The maximum atomic E-state index is 10.8. The van der Waals surface area contributed by atoms with Crippen LogP contribution in [0.3, 0.4) is 0 Å². The smallest absolute Gasteiger partial charge is 0.354 e. The summed E-state index contributed by atoms with van der Waals surface area (Å²) in [5.74, 6) is -0.634. The molecule has 0 bridgehead atoms. The quantitative estimate of drug-likeness (QED) is 0.850. The summed E-state index contributed by atoms with van der Waals surface area (Å²) >= 11 is 0. The lowest BCUT2D eigenvalue weighted by atomic mass is 10.2. The third-order valence-corrected chi connectivity index (χ3v) is 7.77. The summed E-state index contributed by atoms with van der Waals surface area (Å²) in [6.07, 6.45) is 1.45. The third kappa shape index (κ3) is 3.61. The molecule has 0 amide bonds. The Morgan fingerprint density at radius 3 is 2.56 bits per heavy atom. The Morgan fingerprint density at radius 2 is 2.06 bits per heavy atom. The summed E-state index contributed by atoms with van der Waals surface area (Å²) in [6.45, 7) is 11.0. The summed E-state index contributed by atoms with van der Waals surface area (Å²) in [5, 5.41) is 8.95. The number of aromatic nitrogens is 2. The fourth-order valence-electron chi connectivity index (χ4n) is 1.05. The first-order valence-electron chi connectivity index (χ1n) is 5.83. The molecule has 0 aliphatic carbocycles. The molecule has 0 saturated carbocycles. The van der Waals surface area contributed by atoms with Crippen LogP contribution < -0.4 is 0 Å². The lowest BCUT2D eigenvalue weighted by Crippen LogP contribution is -2.40. The first-order valence-corrected chi connectivity index (χ1v) is 8.73. The van der Waals surface area contributed by atoms with Crippen molar-refractivity contribution in [3.8, 4) is 0 Å². The summed E-state index contributed by atoms with van der Waals surface area (Å²) in [6, 6.07) is 1.37. The van der Waals surface area contributed by atoms with Crippen LogP contribution in [0.5, 0.6) is 0 Å². The molecule has 18 heavy (non-hydrogen) atoms. The molecule has 1 aromatic heterocycles. The van der Waals surface area contributed by atoms with Crippen LogP contribution in [0.4, 0.5) is 0 Å². The van der Waals surface area contributed by atoms with E-state index in [2.05, 4.69) is 43.8 Å². The first kappa shape index (κ1) is 14.8. The van der Waals surface area contributed by atoms with E-state index in [0.29, 0.717) is 5.82 Å². The van der Waals surface area contributed by atoms with Crippen molar-refractivity contribution in [1.29, 1.82) is 0 Å². The lowest BCUT2D eigenvalue weighted by Gasteiger charge is -2.35. The van der Waals surface area contributed by atoms with Crippen molar-refractivity contribution in [2.24, 2.45) is 0 Å². The number of hydrogen-bond acceptors (Lipinski definition) is 4. The second kappa shape index (κ2) is 5.15. The van der Waals surface area contributed by atoms with Gasteiger partial charge in [-0.05, 0) is 24.2 Å². The molecule has 0 spiro atoms. The van der Waals surface area contributed by atoms with Crippen LogP contribution in [0.2, 0.25) is 18.1 Å². The number of hydrogen-bond donors (Lipinski definition) is 1. The summed E-state index contributed by atoms with van der Waals surface area (Å²) in [4.78, 5) is 18.8. The SMILES string of the molecule is CC(C)(C)[Si](C)(C)OCc1nccc(C(=O)O)n1. The number of rotatable bonds is 4. The molecule has 0 aliphatic rings. The van der Waals surface area contributed by atoms with Crippen LogP contribution >= 0.6 is 0 Å². The minimum Gasteiger partial charge on any atom is -0.477 e. The predicted molar refractivity (Wildman–Crippen MR) is 71.0 cm³/mol. The fraction of sp³-hybridized carbons (Fsp3) is 0.583. The van der Waals surface area contributed by atoms with Crippen LogP contribution in [0.15, 0.2) is 12.3 Å². The van der Waals surface area contributed by atoms with Gasteiger partial charge in [0.25, 0.3) is 0 Å². The van der Waals surface area contributed by atoms with Crippen molar-refractivity contribution in [3.63, 3.8) is 0 Å². The Labute approximate surface area is 108 Å². The van der Waals surface area contributed by atoms with Crippen molar-refractivity contribution in [3.05, 3.63) is 23.8 Å². The van der Waals surface area contributed by atoms with Crippen molar-refractivity contribution in [2.45, 2.75) is 45.5 Å². The zero-order valence-corrected chi connectivity index (χ0v) is 12.5. The molecule has 0 fully saturated rings. The van der Waals surface area contributed by atoms with E-state index in [1.165, 1.54) is 12.3 Å². The lowest BCUT2D eigenvalue weighted by molar-refractivity contribution is 0.0689. The average molecular weight is 268 g/mol. The second-order valence-electron chi connectivity index (χ2n) is 5.71. The molecule has 100 valence electrons. The van der Waals surface area contributed by atoms with E-state index in [9.17, 15) is 4.79 Å². The van der Waals surface area contributed by atoms with Crippen molar-refractivity contribution >= 4 is 14.3 Å². The van der Waals surface area contributed by atoms with Crippen molar-refractivity contribution < 1.29 is 14.3 Å². The van der Waals surface area contributed by atoms with Crippen LogP contribution in [-0.4, -0.2) is 29.4 Å². The minimum atomic E-state index is -1.86. The van der Waals surface area contributed by atoms with E-state index >= 15 is 0 Å². The zero-order chi connectivity index (χ0) is 14.0. The molecule has 0 unspecified atom stereocenters. The Kier molecular flexibility index (Phi) is 4.23. The molecule has 1 aromatic rings. The van der Waals surface area contributed by atoms with Crippen LogP contribution in [0, 0.1) is 0 Å². The van der Waals surface area contributed by atoms with Gasteiger partial charge in [-0.3, -0.25) is 0 Å². The highest BCUT2D eigenvalue weighted by Crippen LogP contribution is 2.36. The highest BCUT2D eigenvalue weighted by atomic mass is 28.4.